The van der Waals surface area contributed by atoms with Crippen LogP contribution in [0.3, 0.4) is 0 Å². The first-order valence-corrected chi connectivity index (χ1v) is 8.38. The highest BCUT2D eigenvalue weighted by Gasteiger charge is 2.26. The number of aromatic nitrogens is 2. The average molecular weight is 356 g/mol. The Kier molecular flexibility index (Phi) is 5.14. The van der Waals surface area contributed by atoms with Gasteiger partial charge >= 0.3 is 0 Å². The number of hydrogen-bond acceptors (Lipinski definition) is 4. The normalized spacial score (nSPS) is 12.2. The number of benzene rings is 2. The lowest BCUT2D eigenvalue weighted by molar-refractivity contribution is 0.0914. The number of halogens is 1. The van der Waals surface area contributed by atoms with Gasteiger partial charge in [0.2, 0.25) is 11.7 Å². The maximum atomic E-state index is 12.5. The fourth-order valence-electron chi connectivity index (χ4n) is 2.44. The summed E-state index contributed by atoms with van der Waals surface area (Å²) in [6.07, 6.45) is 0. The monoisotopic (exact) mass is 355 g/mol. The van der Waals surface area contributed by atoms with Crippen molar-refractivity contribution in [3.05, 3.63) is 71.1 Å². The first-order chi connectivity index (χ1) is 12.1. The molecule has 25 heavy (non-hydrogen) atoms. The first kappa shape index (κ1) is 17.2. The number of nitrogens with one attached hydrogen (secondary N) is 1. The summed E-state index contributed by atoms with van der Waals surface area (Å²) in [4.78, 5) is 17.0. The fraction of sp³-hybridized carbons (Fsp3) is 0.211. The van der Waals surface area contributed by atoms with Gasteiger partial charge in [-0.2, -0.15) is 4.98 Å². The molecule has 2 aromatic carbocycles. The second-order valence-electron chi connectivity index (χ2n) is 6.00. The van der Waals surface area contributed by atoms with Crippen molar-refractivity contribution in [3.8, 4) is 11.4 Å². The van der Waals surface area contributed by atoms with Crippen molar-refractivity contribution in [2.75, 3.05) is 0 Å². The Bertz CT molecular complexity index is 862. The second-order valence-corrected chi connectivity index (χ2v) is 6.40. The quantitative estimate of drug-likeness (QED) is 0.730. The van der Waals surface area contributed by atoms with Gasteiger partial charge in [-0.1, -0.05) is 73.1 Å². The van der Waals surface area contributed by atoms with E-state index in [0.717, 1.165) is 5.56 Å². The summed E-state index contributed by atoms with van der Waals surface area (Å²) < 4.78 is 5.40. The number of carbonyl (C=O) groups is 1. The molecule has 3 aromatic rings. The Hall–Kier alpha value is -2.66. The summed E-state index contributed by atoms with van der Waals surface area (Å²) in [6.45, 7) is 3.95. The predicted molar refractivity (Wildman–Crippen MR) is 96.2 cm³/mol. The van der Waals surface area contributed by atoms with Gasteiger partial charge in [-0.15, -0.1) is 0 Å². The standard InChI is InChI=1S/C19H18ClN3O2/c1-12(2)16(21-18(24)14-10-6-7-11-15(14)20)19-22-17(23-25-19)13-8-4-3-5-9-13/h3-12,16H,1-2H3,(H,21,24). The zero-order valence-corrected chi connectivity index (χ0v) is 14.7. The molecule has 1 aromatic heterocycles. The van der Waals surface area contributed by atoms with Gasteiger partial charge in [-0.05, 0) is 18.1 Å². The van der Waals surface area contributed by atoms with Crippen molar-refractivity contribution in [1.82, 2.24) is 15.5 Å². The van der Waals surface area contributed by atoms with Crippen LogP contribution in [-0.2, 0) is 0 Å². The lowest BCUT2D eigenvalue weighted by atomic mass is 10.0. The molecule has 0 fully saturated rings. The SMILES string of the molecule is CC(C)C(NC(=O)c1ccccc1Cl)c1nc(-c2ccccc2)no1. The number of nitrogens with zero attached hydrogens (tertiary/aromatic N) is 2. The third-order valence-electron chi connectivity index (χ3n) is 3.81. The highest BCUT2D eigenvalue weighted by molar-refractivity contribution is 6.33. The van der Waals surface area contributed by atoms with Crippen LogP contribution in [0.5, 0.6) is 0 Å². The van der Waals surface area contributed by atoms with E-state index in [4.69, 9.17) is 16.1 Å². The van der Waals surface area contributed by atoms with Crippen LogP contribution in [0.1, 0.15) is 36.1 Å². The number of hydrogen-bond donors (Lipinski definition) is 1. The summed E-state index contributed by atoms with van der Waals surface area (Å²) >= 11 is 6.10. The van der Waals surface area contributed by atoms with E-state index in [1.807, 2.05) is 44.2 Å². The summed E-state index contributed by atoms with van der Waals surface area (Å²) in [5.74, 6) is 0.654. The zero-order valence-electron chi connectivity index (χ0n) is 13.9. The molecule has 0 radical (unpaired) electrons. The Balaban J connectivity index is 1.84. The summed E-state index contributed by atoms with van der Waals surface area (Å²) in [5, 5.41) is 7.36. The van der Waals surface area contributed by atoms with Gasteiger partial charge in [-0.25, -0.2) is 0 Å². The smallest absolute Gasteiger partial charge is 0.253 e. The van der Waals surface area contributed by atoms with E-state index in [-0.39, 0.29) is 11.8 Å². The minimum absolute atomic E-state index is 0.0653. The molecule has 1 amide bonds. The van der Waals surface area contributed by atoms with Crippen LogP contribution in [0.4, 0.5) is 0 Å². The largest absolute Gasteiger partial charge is 0.340 e. The van der Waals surface area contributed by atoms with Gasteiger partial charge in [0.1, 0.15) is 6.04 Å². The van der Waals surface area contributed by atoms with Gasteiger partial charge < -0.3 is 9.84 Å². The van der Waals surface area contributed by atoms with E-state index in [9.17, 15) is 4.79 Å². The van der Waals surface area contributed by atoms with Crippen molar-refractivity contribution in [2.45, 2.75) is 19.9 Å². The lowest BCUT2D eigenvalue weighted by Crippen LogP contribution is -2.32. The molecule has 0 aliphatic carbocycles. The van der Waals surface area contributed by atoms with Crippen molar-refractivity contribution in [3.63, 3.8) is 0 Å². The van der Waals surface area contributed by atoms with Crippen LogP contribution < -0.4 is 5.32 Å². The molecule has 1 heterocycles. The Labute approximate surface area is 151 Å². The average Bonchev–Trinajstić information content (AvgIpc) is 3.10. The molecule has 1 unspecified atom stereocenters. The topological polar surface area (TPSA) is 68.0 Å². The van der Waals surface area contributed by atoms with Crippen molar-refractivity contribution in [2.24, 2.45) is 5.92 Å². The van der Waals surface area contributed by atoms with Gasteiger partial charge in [-0.3, -0.25) is 4.79 Å². The zero-order chi connectivity index (χ0) is 17.8. The molecule has 1 atom stereocenters. The Morgan fingerprint density at radius 1 is 1.08 bits per heavy atom. The third-order valence-corrected chi connectivity index (χ3v) is 4.14. The molecule has 0 saturated carbocycles. The molecular formula is C19H18ClN3O2. The molecule has 128 valence electrons. The van der Waals surface area contributed by atoms with E-state index in [1.54, 1.807) is 24.3 Å². The minimum atomic E-state index is -0.409. The number of rotatable bonds is 5. The first-order valence-electron chi connectivity index (χ1n) is 8.00. The van der Waals surface area contributed by atoms with E-state index >= 15 is 0 Å². The molecule has 0 aliphatic heterocycles. The maximum Gasteiger partial charge on any atom is 0.253 e. The van der Waals surface area contributed by atoms with E-state index in [0.29, 0.717) is 22.3 Å². The van der Waals surface area contributed by atoms with Gasteiger partial charge in [0, 0.05) is 5.56 Å². The fourth-order valence-corrected chi connectivity index (χ4v) is 2.67. The molecule has 5 nitrogen and oxygen atoms in total. The number of amides is 1. The highest BCUT2D eigenvalue weighted by atomic mass is 35.5. The van der Waals surface area contributed by atoms with E-state index in [2.05, 4.69) is 15.5 Å². The van der Waals surface area contributed by atoms with Gasteiger partial charge in [0.15, 0.2) is 0 Å². The van der Waals surface area contributed by atoms with Crippen molar-refractivity contribution in [1.29, 1.82) is 0 Å². The maximum absolute atomic E-state index is 12.5. The molecule has 0 aliphatic rings. The molecule has 6 heteroatoms. The molecule has 0 spiro atoms. The summed E-state index contributed by atoms with van der Waals surface area (Å²) in [5.41, 5.74) is 1.27. The van der Waals surface area contributed by atoms with Crippen molar-refractivity contribution < 1.29 is 9.32 Å². The third kappa shape index (κ3) is 3.88. The van der Waals surface area contributed by atoms with E-state index < -0.39 is 6.04 Å². The lowest BCUT2D eigenvalue weighted by Gasteiger charge is -2.18. The van der Waals surface area contributed by atoms with Gasteiger partial charge in [0.05, 0.1) is 10.6 Å². The van der Waals surface area contributed by atoms with Crippen molar-refractivity contribution >= 4 is 17.5 Å². The van der Waals surface area contributed by atoms with Crippen LogP contribution in [0.2, 0.25) is 5.02 Å². The van der Waals surface area contributed by atoms with Crippen LogP contribution >= 0.6 is 11.6 Å². The molecule has 0 bridgehead atoms. The molecular weight excluding hydrogens is 338 g/mol. The summed E-state index contributed by atoms with van der Waals surface area (Å²) in [6, 6.07) is 16.0. The van der Waals surface area contributed by atoms with Crippen LogP contribution in [0.15, 0.2) is 59.1 Å². The Morgan fingerprint density at radius 3 is 2.44 bits per heavy atom. The molecule has 3 rings (SSSR count). The molecule has 1 N–H and O–H groups in total. The predicted octanol–water partition coefficient (Wildman–Crippen LogP) is 4.52. The minimum Gasteiger partial charge on any atom is -0.340 e. The van der Waals surface area contributed by atoms with Crippen LogP contribution in [-0.4, -0.2) is 16.0 Å². The van der Waals surface area contributed by atoms with Gasteiger partial charge in [0.25, 0.3) is 5.91 Å². The van der Waals surface area contributed by atoms with Crippen LogP contribution in [0, 0.1) is 5.92 Å². The Morgan fingerprint density at radius 2 is 1.76 bits per heavy atom. The highest BCUT2D eigenvalue weighted by Crippen LogP contribution is 2.24. The van der Waals surface area contributed by atoms with Crippen LogP contribution in [0.25, 0.3) is 11.4 Å². The van der Waals surface area contributed by atoms with E-state index in [1.165, 1.54) is 0 Å². The number of carbonyl (C=O) groups excluding carboxylic acids is 1. The summed E-state index contributed by atoms with van der Waals surface area (Å²) in [7, 11) is 0. The molecule has 0 saturated heterocycles. The second kappa shape index (κ2) is 7.49.